The maximum atomic E-state index is 12.2. The predicted octanol–water partition coefficient (Wildman–Crippen LogP) is 4.91. The minimum atomic E-state index is -0.170. The summed E-state index contributed by atoms with van der Waals surface area (Å²) in [5.74, 6) is 1.14. The molecule has 2 rings (SSSR count). The number of methoxy groups -OCH3 is 2. The summed E-state index contributed by atoms with van der Waals surface area (Å²) in [6, 6.07) is 10.1. The number of ketones is 1. The molecule has 0 aliphatic rings. The Morgan fingerprint density at radius 3 is 2.41 bits per heavy atom. The van der Waals surface area contributed by atoms with Gasteiger partial charge in [-0.1, -0.05) is 23.2 Å². The van der Waals surface area contributed by atoms with E-state index >= 15 is 0 Å². The van der Waals surface area contributed by atoms with Gasteiger partial charge in [-0.15, -0.1) is 0 Å². The van der Waals surface area contributed by atoms with Crippen LogP contribution in [-0.4, -0.2) is 20.0 Å². The van der Waals surface area contributed by atoms with Gasteiger partial charge in [0.1, 0.15) is 11.5 Å². The zero-order valence-electron chi connectivity index (χ0n) is 12.1. The minimum absolute atomic E-state index is 0.170. The quantitative estimate of drug-likeness (QED) is 0.575. The van der Waals surface area contributed by atoms with Gasteiger partial charge in [0, 0.05) is 17.2 Å². The summed E-state index contributed by atoms with van der Waals surface area (Å²) in [5, 5.41) is 0.766. The van der Waals surface area contributed by atoms with E-state index in [4.69, 9.17) is 32.7 Å². The summed E-state index contributed by atoms with van der Waals surface area (Å²) in [6.07, 6.45) is 3.15. The van der Waals surface area contributed by atoms with Gasteiger partial charge in [-0.05, 0) is 42.5 Å². The molecule has 0 aliphatic carbocycles. The lowest BCUT2D eigenvalue weighted by Crippen LogP contribution is -1.94. The molecule has 3 nitrogen and oxygen atoms in total. The second-order valence-corrected chi connectivity index (χ2v) is 5.25. The third kappa shape index (κ3) is 3.81. The first-order valence-corrected chi connectivity index (χ1v) is 7.20. The largest absolute Gasteiger partial charge is 0.497 e. The van der Waals surface area contributed by atoms with Gasteiger partial charge < -0.3 is 9.47 Å². The van der Waals surface area contributed by atoms with E-state index in [0.717, 1.165) is 5.56 Å². The molecule has 0 spiro atoms. The summed E-state index contributed by atoms with van der Waals surface area (Å²) in [5.41, 5.74) is 1.25. The molecule has 22 heavy (non-hydrogen) atoms. The average Bonchev–Trinajstić information content (AvgIpc) is 2.54. The fraction of sp³-hybridized carbons (Fsp3) is 0.118. The Balaban J connectivity index is 2.24. The number of benzene rings is 2. The van der Waals surface area contributed by atoms with Crippen molar-refractivity contribution in [3.05, 3.63) is 63.6 Å². The van der Waals surface area contributed by atoms with E-state index in [2.05, 4.69) is 0 Å². The van der Waals surface area contributed by atoms with E-state index in [-0.39, 0.29) is 5.78 Å². The number of allylic oxidation sites excluding steroid dienone is 1. The summed E-state index contributed by atoms with van der Waals surface area (Å²) >= 11 is 11.8. The highest BCUT2D eigenvalue weighted by atomic mass is 35.5. The number of rotatable bonds is 5. The van der Waals surface area contributed by atoms with Crippen LogP contribution in [-0.2, 0) is 0 Å². The van der Waals surface area contributed by atoms with Crippen molar-refractivity contribution in [2.24, 2.45) is 0 Å². The molecule has 2 aromatic carbocycles. The van der Waals surface area contributed by atoms with Crippen molar-refractivity contribution >= 4 is 35.1 Å². The van der Waals surface area contributed by atoms with Gasteiger partial charge in [-0.3, -0.25) is 4.79 Å². The van der Waals surface area contributed by atoms with Gasteiger partial charge in [0.05, 0.1) is 24.3 Å². The van der Waals surface area contributed by atoms with Gasteiger partial charge in [0.15, 0.2) is 5.78 Å². The van der Waals surface area contributed by atoms with Crippen LogP contribution in [0.15, 0.2) is 42.5 Å². The maximum Gasteiger partial charge on any atom is 0.185 e. The van der Waals surface area contributed by atoms with Gasteiger partial charge in [-0.25, -0.2) is 0 Å². The van der Waals surface area contributed by atoms with Crippen molar-refractivity contribution in [3.63, 3.8) is 0 Å². The molecule has 5 heteroatoms. The van der Waals surface area contributed by atoms with Gasteiger partial charge in [0.2, 0.25) is 0 Å². The Hall–Kier alpha value is -1.97. The Morgan fingerprint density at radius 1 is 1.00 bits per heavy atom. The van der Waals surface area contributed by atoms with E-state index in [0.29, 0.717) is 27.1 Å². The molecule has 114 valence electrons. The predicted molar refractivity (Wildman–Crippen MR) is 89.4 cm³/mol. The van der Waals surface area contributed by atoms with Crippen molar-refractivity contribution in [3.8, 4) is 11.5 Å². The number of hydrogen-bond acceptors (Lipinski definition) is 3. The molecular weight excluding hydrogens is 323 g/mol. The van der Waals surface area contributed by atoms with Crippen LogP contribution >= 0.6 is 23.2 Å². The fourth-order valence-electron chi connectivity index (χ4n) is 1.87. The lowest BCUT2D eigenvalue weighted by molar-refractivity contribution is 0.104. The number of carbonyl (C=O) groups is 1. The standard InChI is InChI=1S/C17H14Cl2O3/c1-21-13-6-3-11(17(10-13)22-2)5-8-16(20)12-4-7-14(18)15(19)9-12/h3-10H,1-2H3. The minimum Gasteiger partial charge on any atom is -0.497 e. The van der Waals surface area contributed by atoms with Crippen molar-refractivity contribution in [1.29, 1.82) is 0 Å². The van der Waals surface area contributed by atoms with E-state index in [1.54, 1.807) is 50.6 Å². The Labute approximate surface area is 139 Å². The molecule has 0 unspecified atom stereocenters. The van der Waals surface area contributed by atoms with Crippen LogP contribution < -0.4 is 9.47 Å². The monoisotopic (exact) mass is 336 g/mol. The van der Waals surface area contributed by atoms with Crippen molar-refractivity contribution in [2.45, 2.75) is 0 Å². The Kier molecular flexibility index (Phi) is 5.47. The summed E-state index contributed by atoms with van der Waals surface area (Å²) in [4.78, 5) is 12.2. The first-order chi connectivity index (χ1) is 10.5. The number of ether oxygens (including phenoxy) is 2. The van der Waals surface area contributed by atoms with Crippen LogP contribution in [0.25, 0.3) is 6.08 Å². The van der Waals surface area contributed by atoms with Gasteiger partial charge >= 0.3 is 0 Å². The van der Waals surface area contributed by atoms with Crippen LogP contribution in [0, 0.1) is 0 Å². The highest BCUT2D eigenvalue weighted by Gasteiger charge is 2.07. The number of carbonyl (C=O) groups excluding carboxylic acids is 1. The second kappa shape index (κ2) is 7.34. The molecule has 0 fully saturated rings. The fourth-order valence-corrected chi connectivity index (χ4v) is 2.17. The molecule has 0 N–H and O–H groups in total. The second-order valence-electron chi connectivity index (χ2n) is 4.43. The number of hydrogen-bond donors (Lipinski definition) is 0. The SMILES string of the molecule is COc1ccc(C=CC(=O)c2ccc(Cl)c(Cl)c2)c(OC)c1. The Bertz CT molecular complexity index is 724. The van der Waals surface area contributed by atoms with Gasteiger partial charge in [0.25, 0.3) is 0 Å². The molecule has 0 bridgehead atoms. The molecule has 0 radical (unpaired) electrons. The summed E-state index contributed by atoms with van der Waals surface area (Å²) in [6.45, 7) is 0. The van der Waals surface area contributed by atoms with Crippen molar-refractivity contribution < 1.29 is 14.3 Å². The van der Waals surface area contributed by atoms with E-state index in [9.17, 15) is 4.79 Å². The van der Waals surface area contributed by atoms with Crippen LogP contribution in [0.3, 0.4) is 0 Å². The average molecular weight is 337 g/mol. The molecule has 0 aliphatic heterocycles. The summed E-state index contributed by atoms with van der Waals surface area (Å²) < 4.78 is 10.4. The van der Waals surface area contributed by atoms with Crippen LogP contribution in [0.1, 0.15) is 15.9 Å². The molecule has 0 amide bonds. The summed E-state index contributed by atoms with van der Waals surface area (Å²) in [7, 11) is 3.14. The highest BCUT2D eigenvalue weighted by Crippen LogP contribution is 2.26. The first kappa shape index (κ1) is 16.4. The van der Waals surface area contributed by atoms with E-state index in [1.165, 1.54) is 6.08 Å². The first-order valence-electron chi connectivity index (χ1n) is 6.44. The zero-order valence-corrected chi connectivity index (χ0v) is 13.6. The normalized spacial score (nSPS) is 10.7. The van der Waals surface area contributed by atoms with Crippen LogP contribution in [0.2, 0.25) is 10.0 Å². The molecule has 0 atom stereocenters. The lowest BCUT2D eigenvalue weighted by Gasteiger charge is -2.07. The smallest absolute Gasteiger partial charge is 0.185 e. The topological polar surface area (TPSA) is 35.5 Å². The number of halogens is 2. The highest BCUT2D eigenvalue weighted by molar-refractivity contribution is 6.42. The van der Waals surface area contributed by atoms with Gasteiger partial charge in [-0.2, -0.15) is 0 Å². The third-order valence-corrected chi connectivity index (χ3v) is 3.80. The van der Waals surface area contributed by atoms with Crippen LogP contribution in [0.4, 0.5) is 0 Å². The molecule has 2 aromatic rings. The van der Waals surface area contributed by atoms with Crippen molar-refractivity contribution in [2.75, 3.05) is 14.2 Å². The van der Waals surface area contributed by atoms with Crippen molar-refractivity contribution in [1.82, 2.24) is 0 Å². The lowest BCUT2D eigenvalue weighted by atomic mass is 10.1. The molecular formula is C17H14Cl2O3. The molecule has 0 aromatic heterocycles. The Morgan fingerprint density at radius 2 is 1.77 bits per heavy atom. The molecule has 0 saturated heterocycles. The molecule has 0 heterocycles. The zero-order chi connectivity index (χ0) is 16.1. The van der Waals surface area contributed by atoms with E-state index in [1.807, 2.05) is 6.07 Å². The van der Waals surface area contributed by atoms with Crippen LogP contribution in [0.5, 0.6) is 11.5 Å². The third-order valence-electron chi connectivity index (χ3n) is 3.06. The molecule has 0 saturated carbocycles. The van der Waals surface area contributed by atoms with E-state index < -0.39 is 0 Å². The maximum absolute atomic E-state index is 12.2.